The highest BCUT2D eigenvalue weighted by Gasteiger charge is 2.35. The Hall–Kier alpha value is -5.41. The molecule has 5 rings (SSSR count). The van der Waals surface area contributed by atoms with E-state index in [1.165, 1.54) is 11.0 Å². The van der Waals surface area contributed by atoms with Crippen molar-refractivity contribution < 1.29 is 19.1 Å². The fraction of sp³-hybridized carbons (Fsp3) is 0.116. The zero-order chi connectivity index (χ0) is 37.7. The van der Waals surface area contributed by atoms with Gasteiger partial charge in [-0.05, 0) is 77.6 Å². The van der Waals surface area contributed by atoms with E-state index >= 15 is 0 Å². The van der Waals surface area contributed by atoms with Gasteiger partial charge in [0, 0.05) is 5.70 Å². The molecule has 0 saturated carbocycles. The van der Waals surface area contributed by atoms with E-state index in [0.29, 0.717) is 33.5 Å². The van der Waals surface area contributed by atoms with Crippen molar-refractivity contribution in [1.82, 2.24) is 10.2 Å². The fourth-order valence-electron chi connectivity index (χ4n) is 5.50. The molecule has 1 aliphatic heterocycles. The summed E-state index contributed by atoms with van der Waals surface area (Å²) in [4.78, 5) is 46.8. The first-order valence-corrected chi connectivity index (χ1v) is 18.4. The number of hydrogen-bond acceptors (Lipinski definition) is 5. The van der Waals surface area contributed by atoms with E-state index in [2.05, 4.69) is 23.5 Å². The molecule has 4 aromatic rings. The number of amidine groups is 1. The molecule has 0 unspecified atom stereocenters. The van der Waals surface area contributed by atoms with Crippen molar-refractivity contribution in [3.05, 3.63) is 190 Å². The molecule has 0 fully saturated rings. The second-order valence-electron chi connectivity index (χ2n) is 11.7. The predicted molar refractivity (Wildman–Crippen MR) is 217 cm³/mol. The van der Waals surface area contributed by atoms with Gasteiger partial charge in [-0.15, -0.1) is 6.58 Å². The normalized spacial score (nSPS) is 14.1. The number of hydrogen-bond donors (Lipinski definition) is 1. The van der Waals surface area contributed by atoms with Crippen molar-refractivity contribution in [2.24, 2.45) is 4.99 Å². The molecular weight excluding hydrogens is 725 g/mol. The lowest BCUT2D eigenvalue weighted by molar-refractivity contribution is -0.126. The van der Waals surface area contributed by atoms with Crippen molar-refractivity contribution >= 4 is 63.9 Å². The van der Waals surface area contributed by atoms with Crippen molar-refractivity contribution in [3.8, 4) is 5.75 Å². The number of amides is 3. The predicted octanol–water partition coefficient (Wildman–Crippen LogP) is 9.69. The number of carbonyl (C=O) groups is 3. The number of nitrogens with one attached hydrogen (secondary N) is 1. The molecule has 10 heteroatoms. The van der Waals surface area contributed by atoms with Crippen LogP contribution in [0, 0.1) is 0 Å². The van der Waals surface area contributed by atoms with Crippen LogP contribution < -0.4 is 10.1 Å². The molecule has 1 aliphatic rings. The number of ether oxygens (including phenoxy) is 1. The zero-order valence-electron chi connectivity index (χ0n) is 29.0. The first-order valence-electron chi connectivity index (χ1n) is 16.7. The Bertz CT molecular complexity index is 2090. The highest BCUT2D eigenvalue weighted by molar-refractivity contribution is 8.14. The number of nitrogens with zero attached hydrogens (tertiary/aromatic N) is 2. The summed E-state index contributed by atoms with van der Waals surface area (Å²) in [6.07, 6.45) is 10.4. The molecule has 3 amide bonds. The van der Waals surface area contributed by atoms with Crippen LogP contribution in [0.3, 0.4) is 0 Å². The number of benzene rings is 4. The number of carbonyl (C=O) groups excluding carboxylic acids is 3. The van der Waals surface area contributed by atoms with Crippen molar-refractivity contribution in [3.63, 3.8) is 0 Å². The highest BCUT2D eigenvalue weighted by atomic mass is 35.5. The smallest absolute Gasteiger partial charge is 0.285 e. The second-order valence-corrected chi connectivity index (χ2v) is 13.5. The molecule has 0 aliphatic carbocycles. The maximum atomic E-state index is 14.2. The number of aliphatic imine (C=N–C) groups is 1. The van der Waals surface area contributed by atoms with Gasteiger partial charge in [-0.25, -0.2) is 0 Å². The molecule has 0 bridgehead atoms. The quantitative estimate of drug-likeness (QED) is 0.0599. The van der Waals surface area contributed by atoms with Crippen molar-refractivity contribution in [2.45, 2.75) is 26.0 Å². The molecule has 0 spiro atoms. The Balaban J connectivity index is 1.40. The van der Waals surface area contributed by atoms with Crippen LogP contribution in [0.2, 0.25) is 10.0 Å². The van der Waals surface area contributed by atoms with E-state index in [-0.39, 0.29) is 29.0 Å². The Morgan fingerprint density at radius 2 is 1.64 bits per heavy atom. The molecule has 268 valence electrons. The van der Waals surface area contributed by atoms with Gasteiger partial charge in [0.1, 0.15) is 17.9 Å². The third kappa shape index (κ3) is 10.1. The van der Waals surface area contributed by atoms with Crippen LogP contribution in [0.25, 0.3) is 6.08 Å². The topological polar surface area (TPSA) is 88.1 Å². The molecular formula is C43H37Cl2N3O4S. The SMILES string of the molecule is C=C/C=C\C(=C/C)N1C(=O)/C(=C/c2ccc(OCc3ccc(Cl)c(Cl)c3)c(CC=C)c2)C(=O)N=C1SCC(=O)NC(c1ccccc1)c1ccccc1. The van der Waals surface area contributed by atoms with E-state index in [9.17, 15) is 14.4 Å². The lowest BCUT2D eigenvalue weighted by atomic mass is 9.99. The molecule has 53 heavy (non-hydrogen) atoms. The lowest BCUT2D eigenvalue weighted by Crippen LogP contribution is -2.42. The van der Waals surface area contributed by atoms with E-state index in [1.807, 2.05) is 72.8 Å². The van der Waals surface area contributed by atoms with E-state index < -0.39 is 17.9 Å². The number of allylic oxidation sites excluding steroid dienone is 5. The van der Waals surface area contributed by atoms with Crippen LogP contribution >= 0.6 is 35.0 Å². The largest absolute Gasteiger partial charge is 0.489 e. The average Bonchev–Trinajstić information content (AvgIpc) is 3.17. The summed E-state index contributed by atoms with van der Waals surface area (Å²) in [5.74, 6) is -1.07. The monoisotopic (exact) mass is 761 g/mol. The van der Waals surface area contributed by atoms with Gasteiger partial charge in [0.15, 0.2) is 5.17 Å². The summed E-state index contributed by atoms with van der Waals surface area (Å²) >= 11 is 13.2. The minimum atomic E-state index is -0.714. The van der Waals surface area contributed by atoms with Gasteiger partial charge in [0.25, 0.3) is 11.8 Å². The minimum Gasteiger partial charge on any atom is -0.489 e. The maximum absolute atomic E-state index is 14.2. The summed E-state index contributed by atoms with van der Waals surface area (Å²) in [6, 6.07) is 29.6. The van der Waals surface area contributed by atoms with Crippen molar-refractivity contribution in [2.75, 3.05) is 5.75 Å². The van der Waals surface area contributed by atoms with Gasteiger partial charge < -0.3 is 10.1 Å². The van der Waals surface area contributed by atoms with Gasteiger partial charge in [-0.1, -0.05) is 139 Å². The third-order valence-electron chi connectivity index (χ3n) is 8.05. The van der Waals surface area contributed by atoms with Crippen LogP contribution in [0.15, 0.2) is 157 Å². The van der Waals surface area contributed by atoms with Gasteiger partial charge in [0.2, 0.25) is 5.91 Å². The molecule has 1 heterocycles. The summed E-state index contributed by atoms with van der Waals surface area (Å²) in [5, 5.41) is 4.08. The molecule has 0 aromatic heterocycles. The lowest BCUT2D eigenvalue weighted by Gasteiger charge is -2.28. The first-order chi connectivity index (χ1) is 25.7. The number of halogens is 2. The Morgan fingerprint density at radius 1 is 0.943 bits per heavy atom. The fourth-order valence-corrected chi connectivity index (χ4v) is 6.62. The van der Waals surface area contributed by atoms with Crippen molar-refractivity contribution in [1.29, 1.82) is 0 Å². The summed E-state index contributed by atoms with van der Waals surface area (Å²) in [7, 11) is 0. The van der Waals surface area contributed by atoms with Gasteiger partial charge in [0.05, 0.1) is 21.8 Å². The van der Waals surface area contributed by atoms with Gasteiger partial charge in [-0.3, -0.25) is 19.3 Å². The first kappa shape index (κ1) is 38.8. The molecule has 4 aromatic carbocycles. The summed E-state index contributed by atoms with van der Waals surface area (Å²) in [6.45, 7) is 9.63. The van der Waals surface area contributed by atoms with Gasteiger partial charge >= 0.3 is 0 Å². The molecule has 0 radical (unpaired) electrons. The van der Waals surface area contributed by atoms with Gasteiger partial charge in [-0.2, -0.15) is 4.99 Å². The molecule has 7 nitrogen and oxygen atoms in total. The highest BCUT2D eigenvalue weighted by Crippen LogP contribution is 2.30. The molecule has 0 atom stereocenters. The van der Waals surface area contributed by atoms with Crippen LogP contribution in [-0.4, -0.2) is 33.5 Å². The van der Waals surface area contributed by atoms with E-state index in [1.54, 1.807) is 61.6 Å². The Labute approximate surface area is 324 Å². The van der Waals surface area contributed by atoms with E-state index in [0.717, 1.165) is 34.0 Å². The summed E-state index contributed by atoms with van der Waals surface area (Å²) < 4.78 is 6.10. The Kier molecular flexibility index (Phi) is 13.8. The number of thioether (sulfide) groups is 1. The van der Waals surface area contributed by atoms with Crippen LogP contribution in [0.5, 0.6) is 5.75 Å². The second kappa shape index (κ2) is 18.9. The van der Waals surface area contributed by atoms with E-state index in [4.69, 9.17) is 27.9 Å². The Morgan fingerprint density at radius 3 is 2.26 bits per heavy atom. The van der Waals surface area contributed by atoms with Crippen LogP contribution in [0.1, 0.15) is 40.8 Å². The number of rotatable bonds is 14. The van der Waals surface area contributed by atoms with Crippen LogP contribution in [-0.2, 0) is 27.4 Å². The zero-order valence-corrected chi connectivity index (χ0v) is 31.3. The minimum absolute atomic E-state index is 0.0866. The standard InChI is InChI=1S/C43H37Cl2N3O4S/c1-4-7-19-34(6-3)48-42(51)35(25-29-21-23-38(33(24-29)14-5-2)52-27-30-20-22-36(44)37(45)26-30)41(50)47-43(48)53-28-39(49)46-40(31-15-10-8-11-16-31)32-17-12-9-13-18-32/h4-13,15-26,40H,1-2,14,27-28H2,3H3,(H,46,49)/b19-7-,34-6+,35-25+. The average molecular weight is 763 g/mol. The van der Waals surface area contributed by atoms with Crippen LogP contribution in [0.4, 0.5) is 0 Å². The molecule has 1 N–H and O–H groups in total. The molecule has 0 saturated heterocycles. The third-order valence-corrected chi connectivity index (χ3v) is 9.73. The maximum Gasteiger partial charge on any atom is 0.285 e. The summed E-state index contributed by atoms with van der Waals surface area (Å²) in [5.41, 5.74) is 4.42.